The predicted molar refractivity (Wildman–Crippen MR) is 112 cm³/mol. The Kier molecular flexibility index (Phi) is 8.80. The number of rotatable bonds is 8. The Morgan fingerprint density at radius 2 is 1.70 bits per heavy atom. The molecule has 2 aromatic rings. The standard InChI is InChI=1S/C18H17Cl2F6N5OS/c1-3-30(4-2)6-5-28-16-15(33(32)18(24,25)26)13(9-27)29-31(16)14-11(19)7-10(8-12(14)20)17(21,22)23/h7-8,28H,3-6H2,1-2H3. The highest BCUT2D eigenvalue weighted by molar-refractivity contribution is 7.92. The second-order valence-electron chi connectivity index (χ2n) is 6.50. The molecular weight excluding hydrogens is 519 g/mol. The quantitative estimate of drug-likeness (QED) is 0.359. The second-order valence-corrected chi connectivity index (χ2v) is 8.73. The van der Waals surface area contributed by atoms with Gasteiger partial charge in [-0.3, -0.25) is 0 Å². The van der Waals surface area contributed by atoms with E-state index in [0.29, 0.717) is 36.4 Å². The van der Waals surface area contributed by atoms with E-state index in [9.17, 15) is 36.2 Å². The van der Waals surface area contributed by atoms with Crippen LogP contribution in [-0.4, -0.2) is 50.9 Å². The highest BCUT2D eigenvalue weighted by atomic mass is 35.5. The molecule has 6 nitrogen and oxygen atoms in total. The lowest BCUT2D eigenvalue weighted by molar-refractivity contribution is -0.137. The molecule has 0 aliphatic rings. The molecule has 0 bridgehead atoms. The third-order valence-electron chi connectivity index (χ3n) is 4.51. The summed E-state index contributed by atoms with van der Waals surface area (Å²) in [5.74, 6) is -0.516. The molecule has 33 heavy (non-hydrogen) atoms. The average Bonchev–Trinajstić information content (AvgIpc) is 3.06. The molecular formula is C18H17Cl2F6N5OS. The fourth-order valence-corrected chi connectivity index (χ4v) is 4.36. The van der Waals surface area contributed by atoms with Gasteiger partial charge < -0.3 is 14.8 Å². The molecule has 0 amide bonds. The van der Waals surface area contributed by atoms with E-state index in [-0.39, 0.29) is 6.54 Å². The molecule has 1 aromatic carbocycles. The van der Waals surface area contributed by atoms with Crippen molar-refractivity contribution in [1.82, 2.24) is 14.7 Å². The molecule has 0 saturated carbocycles. The average molecular weight is 536 g/mol. The van der Waals surface area contributed by atoms with Crippen molar-refractivity contribution in [3.8, 4) is 11.8 Å². The number of nitrogens with one attached hydrogen (secondary N) is 1. The first-order valence-electron chi connectivity index (χ1n) is 9.30. The lowest BCUT2D eigenvalue weighted by Gasteiger charge is -2.20. The van der Waals surface area contributed by atoms with E-state index in [0.717, 1.165) is 0 Å². The van der Waals surface area contributed by atoms with E-state index in [4.69, 9.17) is 23.2 Å². The smallest absolute Gasteiger partial charge is 0.578 e. The largest absolute Gasteiger partial charge is 0.604 e. The molecule has 0 aliphatic carbocycles. The van der Waals surface area contributed by atoms with Crippen LogP contribution in [0.5, 0.6) is 0 Å². The summed E-state index contributed by atoms with van der Waals surface area (Å²) < 4.78 is 91.9. The number of aromatic nitrogens is 2. The number of nitrogens with zero attached hydrogens (tertiary/aromatic N) is 4. The zero-order chi connectivity index (χ0) is 25.1. The van der Waals surface area contributed by atoms with E-state index < -0.39 is 60.6 Å². The van der Waals surface area contributed by atoms with Gasteiger partial charge in [0.05, 0.1) is 15.6 Å². The molecule has 1 N–H and O–H groups in total. The van der Waals surface area contributed by atoms with Crippen molar-refractivity contribution in [3.63, 3.8) is 0 Å². The van der Waals surface area contributed by atoms with Crippen molar-refractivity contribution in [2.75, 3.05) is 31.5 Å². The first-order valence-corrected chi connectivity index (χ1v) is 11.2. The van der Waals surface area contributed by atoms with Gasteiger partial charge in [-0.15, -0.1) is 18.3 Å². The van der Waals surface area contributed by atoms with Gasteiger partial charge >= 0.3 is 11.7 Å². The summed E-state index contributed by atoms with van der Waals surface area (Å²) >= 11 is 8.30. The van der Waals surface area contributed by atoms with E-state index in [1.165, 1.54) is 6.07 Å². The molecule has 0 aliphatic heterocycles. The number of hydrogen-bond donors (Lipinski definition) is 1. The Morgan fingerprint density at radius 3 is 2.12 bits per heavy atom. The van der Waals surface area contributed by atoms with Crippen LogP contribution in [0.4, 0.5) is 32.2 Å². The summed E-state index contributed by atoms with van der Waals surface area (Å²) in [5.41, 5.74) is -7.67. The first kappa shape index (κ1) is 27.4. The highest BCUT2D eigenvalue weighted by Gasteiger charge is 2.50. The number of halogens is 8. The molecule has 182 valence electrons. The minimum atomic E-state index is -5.23. The summed E-state index contributed by atoms with van der Waals surface area (Å²) in [7, 11) is 0. The fourth-order valence-electron chi connectivity index (χ4n) is 2.89. The molecule has 1 heterocycles. The number of anilines is 1. The van der Waals surface area contributed by atoms with Crippen LogP contribution in [0.15, 0.2) is 17.0 Å². The van der Waals surface area contributed by atoms with Crippen molar-refractivity contribution in [2.45, 2.75) is 30.4 Å². The molecule has 0 radical (unpaired) electrons. The van der Waals surface area contributed by atoms with Crippen molar-refractivity contribution in [2.24, 2.45) is 0 Å². The fraction of sp³-hybridized carbons (Fsp3) is 0.444. The van der Waals surface area contributed by atoms with Gasteiger partial charge in [-0.05, 0) is 25.2 Å². The van der Waals surface area contributed by atoms with Crippen LogP contribution in [0.3, 0.4) is 0 Å². The maximum atomic E-state index is 13.3. The molecule has 2 rings (SSSR count). The van der Waals surface area contributed by atoms with Gasteiger partial charge in [0, 0.05) is 13.1 Å². The topological polar surface area (TPSA) is 79.9 Å². The summed E-state index contributed by atoms with van der Waals surface area (Å²) in [6.45, 7) is 5.40. The van der Waals surface area contributed by atoms with Crippen molar-refractivity contribution < 1.29 is 30.9 Å². The zero-order valence-corrected chi connectivity index (χ0v) is 19.4. The van der Waals surface area contributed by atoms with Crippen LogP contribution < -0.4 is 5.32 Å². The van der Waals surface area contributed by atoms with E-state index >= 15 is 0 Å². The monoisotopic (exact) mass is 535 g/mol. The number of alkyl halides is 6. The predicted octanol–water partition coefficient (Wildman–Crippen LogP) is 5.45. The Labute approximate surface area is 198 Å². The van der Waals surface area contributed by atoms with Crippen molar-refractivity contribution in [1.29, 1.82) is 5.26 Å². The molecule has 1 unspecified atom stereocenters. The zero-order valence-electron chi connectivity index (χ0n) is 17.1. The Balaban J connectivity index is 2.70. The Morgan fingerprint density at radius 1 is 1.15 bits per heavy atom. The van der Waals surface area contributed by atoms with E-state index in [1.807, 2.05) is 18.7 Å². The summed E-state index contributed by atoms with van der Waals surface area (Å²) in [5, 5.41) is 14.5. The SMILES string of the molecule is CCN(CC)CCNc1c([S+]([O-])C(F)(F)F)c(C#N)nn1-c1c(Cl)cc(C(F)(F)F)cc1Cl. The lowest BCUT2D eigenvalue weighted by Crippen LogP contribution is -2.30. The van der Waals surface area contributed by atoms with Gasteiger partial charge in [0.2, 0.25) is 10.6 Å². The maximum Gasteiger partial charge on any atom is 0.578 e. The molecule has 0 spiro atoms. The van der Waals surface area contributed by atoms with Crippen LogP contribution in [0.2, 0.25) is 10.0 Å². The molecule has 1 atom stereocenters. The third-order valence-corrected chi connectivity index (χ3v) is 6.27. The summed E-state index contributed by atoms with van der Waals surface area (Å²) in [6, 6.07) is 2.48. The summed E-state index contributed by atoms with van der Waals surface area (Å²) in [6.07, 6.45) is -4.79. The first-order chi connectivity index (χ1) is 15.3. The van der Waals surface area contributed by atoms with Gasteiger partial charge in [-0.25, -0.2) is 4.68 Å². The summed E-state index contributed by atoms with van der Waals surface area (Å²) in [4.78, 5) is 0.953. The maximum absolute atomic E-state index is 13.3. The van der Waals surface area contributed by atoms with Crippen molar-refractivity contribution >= 4 is 40.2 Å². The van der Waals surface area contributed by atoms with Gasteiger partial charge in [-0.1, -0.05) is 37.0 Å². The van der Waals surface area contributed by atoms with Gasteiger partial charge in [0.15, 0.2) is 5.82 Å². The molecule has 0 fully saturated rings. The van der Waals surface area contributed by atoms with Crippen LogP contribution in [0, 0.1) is 11.3 Å². The van der Waals surface area contributed by atoms with E-state index in [1.54, 1.807) is 0 Å². The number of hydrogen-bond acceptors (Lipinski definition) is 5. The minimum absolute atomic E-state index is 0.0379. The van der Waals surface area contributed by atoms with Gasteiger partial charge in [0.25, 0.3) is 0 Å². The van der Waals surface area contributed by atoms with Crippen LogP contribution >= 0.6 is 23.2 Å². The van der Waals surface area contributed by atoms with Gasteiger partial charge in [-0.2, -0.15) is 18.4 Å². The number of benzene rings is 1. The van der Waals surface area contributed by atoms with Gasteiger partial charge in [0.1, 0.15) is 22.9 Å². The second kappa shape index (κ2) is 10.6. The Bertz CT molecular complexity index is 1010. The lowest BCUT2D eigenvalue weighted by atomic mass is 10.2. The third kappa shape index (κ3) is 6.19. The number of nitriles is 1. The van der Waals surface area contributed by atoms with Crippen LogP contribution in [0.25, 0.3) is 5.69 Å². The normalized spacial score (nSPS) is 13.3. The molecule has 15 heteroatoms. The number of likely N-dealkylation sites (N-methyl/N-ethyl adjacent to an activating group) is 1. The Hall–Kier alpha value is -1.85. The van der Waals surface area contributed by atoms with Crippen LogP contribution in [-0.2, 0) is 17.4 Å². The van der Waals surface area contributed by atoms with Crippen molar-refractivity contribution in [3.05, 3.63) is 33.4 Å². The van der Waals surface area contributed by atoms with Crippen LogP contribution in [0.1, 0.15) is 25.1 Å². The minimum Gasteiger partial charge on any atom is -0.604 e. The van der Waals surface area contributed by atoms with E-state index in [2.05, 4.69) is 10.4 Å². The molecule has 1 aromatic heterocycles. The highest BCUT2D eigenvalue weighted by Crippen LogP contribution is 2.42. The molecule has 0 saturated heterocycles.